The number of aryl methyl sites for hydroxylation is 1. The van der Waals surface area contributed by atoms with E-state index in [2.05, 4.69) is 27.2 Å². The van der Waals surface area contributed by atoms with Gasteiger partial charge in [-0.15, -0.1) is 6.58 Å². The highest BCUT2D eigenvalue weighted by Crippen LogP contribution is 2.20. The third-order valence-corrected chi connectivity index (χ3v) is 3.47. The van der Waals surface area contributed by atoms with Crippen molar-refractivity contribution in [1.82, 2.24) is 9.97 Å². The standard InChI is InChI=1S/C15H24N4/c1-3-10-16-14-11-12(2)17-15(19-14)18-13-8-6-4-5-7-9-13/h3,11,13H,1,4-10H2,2H3,(H2,16,17,18,19). The Hall–Kier alpha value is -1.58. The summed E-state index contributed by atoms with van der Waals surface area (Å²) in [5, 5.41) is 6.71. The van der Waals surface area contributed by atoms with E-state index >= 15 is 0 Å². The normalized spacial score (nSPS) is 16.7. The molecule has 1 aliphatic rings. The molecule has 4 heteroatoms. The van der Waals surface area contributed by atoms with Crippen molar-refractivity contribution in [1.29, 1.82) is 0 Å². The first-order chi connectivity index (χ1) is 9.28. The Bertz CT molecular complexity index is 409. The third-order valence-electron chi connectivity index (χ3n) is 3.47. The summed E-state index contributed by atoms with van der Waals surface area (Å²) < 4.78 is 0. The van der Waals surface area contributed by atoms with Crippen LogP contribution in [0.5, 0.6) is 0 Å². The van der Waals surface area contributed by atoms with Crippen molar-refractivity contribution in [2.75, 3.05) is 17.2 Å². The van der Waals surface area contributed by atoms with Crippen LogP contribution in [0.4, 0.5) is 11.8 Å². The van der Waals surface area contributed by atoms with Crippen molar-refractivity contribution in [2.24, 2.45) is 0 Å². The van der Waals surface area contributed by atoms with Gasteiger partial charge in [0.25, 0.3) is 0 Å². The fourth-order valence-electron chi connectivity index (χ4n) is 2.51. The summed E-state index contributed by atoms with van der Waals surface area (Å²) in [7, 11) is 0. The van der Waals surface area contributed by atoms with E-state index in [9.17, 15) is 0 Å². The first kappa shape index (κ1) is 13.8. The number of anilines is 2. The summed E-state index contributed by atoms with van der Waals surface area (Å²) >= 11 is 0. The number of aromatic nitrogens is 2. The van der Waals surface area contributed by atoms with Gasteiger partial charge in [0, 0.05) is 24.3 Å². The second kappa shape index (κ2) is 7.12. The minimum atomic E-state index is 0.525. The van der Waals surface area contributed by atoms with Crippen LogP contribution in [0.3, 0.4) is 0 Å². The molecule has 0 aromatic carbocycles. The molecule has 1 aromatic rings. The Morgan fingerprint density at radius 3 is 2.68 bits per heavy atom. The zero-order valence-corrected chi connectivity index (χ0v) is 11.8. The third kappa shape index (κ3) is 4.54. The smallest absolute Gasteiger partial charge is 0.225 e. The van der Waals surface area contributed by atoms with E-state index in [1.807, 2.05) is 19.1 Å². The van der Waals surface area contributed by atoms with Crippen LogP contribution < -0.4 is 10.6 Å². The number of nitrogens with zero attached hydrogens (tertiary/aromatic N) is 2. The second-order valence-electron chi connectivity index (χ2n) is 5.22. The highest BCUT2D eigenvalue weighted by Gasteiger charge is 2.13. The minimum Gasteiger partial charge on any atom is -0.366 e. The Kier molecular flexibility index (Phi) is 5.19. The van der Waals surface area contributed by atoms with Crippen LogP contribution in [0.2, 0.25) is 0 Å². The zero-order valence-electron chi connectivity index (χ0n) is 11.8. The van der Waals surface area contributed by atoms with Gasteiger partial charge in [0.05, 0.1) is 0 Å². The molecule has 1 fully saturated rings. The topological polar surface area (TPSA) is 49.8 Å². The SMILES string of the molecule is C=CCNc1cc(C)nc(NC2CCCCCC2)n1. The number of hydrogen-bond donors (Lipinski definition) is 2. The van der Waals surface area contributed by atoms with Gasteiger partial charge in [-0.2, -0.15) is 4.98 Å². The van der Waals surface area contributed by atoms with E-state index < -0.39 is 0 Å². The molecule has 1 aliphatic carbocycles. The lowest BCUT2D eigenvalue weighted by Crippen LogP contribution is -2.20. The van der Waals surface area contributed by atoms with Crippen LogP contribution in [0.1, 0.15) is 44.2 Å². The largest absolute Gasteiger partial charge is 0.366 e. The average Bonchev–Trinajstić information content (AvgIpc) is 2.64. The maximum Gasteiger partial charge on any atom is 0.225 e. The van der Waals surface area contributed by atoms with Crippen LogP contribution in [0.15, 0.2) is 18.7 Å². The molecule has 0 amide bonds. The summed E-state index contributed by atoms with van der Waals surface area (Å²) in [5.74, 6) is 1.61. The maximum atomic E-state index is 4.51. The summed E-state index contributed by atoms with van der Waals surface area (Å²) in [5.41, 5.74) is 0.984. The van der Waals surface area contributed by atoms with Crippen LogP contribution in [-0.4, -0.2) is 22.6 Å². The molecule has 0 spiro atoms. The summed E-state index contributed by atoms with van der Waals surface area (Å²) in [6.45, 7) is 6.42. The summed E-state index contributed by atoms with van der Waals surface area (Å²) in [6, 6.07) is 2.48. The summed E-state index contributed by atoms with van der Waals surface area (Å²) in [4.78, 5) is 8.99. The lowest BCUT2D eigenvalue weighted by atomic mass is 10.1. The number of nitrogens with one attached hydrogen (secondary N) is 2. The van der Waals surface area contributed by atoms with Gasteiger partial charge in [-0.05, 0) is 19.8 Å². The predicted molar refractivity (Wildman–Crippen MR) is 80.6 cm³/mol. The van der Waals surface area contributed by atoms with E-state index in [1.54, 1.807) is 0 Å². The summed E-state index contributed by atoms with van der Waals surface area (Å²) in [6.07, 6.45) is 9.63. The first-order valence-electron chi connectivity index (χ1n) is 7.25. The average molecular weight is 260 g/mol. The van der Waals surface area contributed by atoms with Crippen LogP contribution in [-0.2, 0) is 0 Å². The van der Waals surface area contributed by atoms with E-state index in [-0.39, 0.29) is 0 Å². The molecule has 0 bridgehead atoms. The zero-order chi connectivity index (χ0) is 13.5. The monoisotopic (exact) mass is 260 g/mol. The van der Waals surface area contributed by atoms with E-state index in [4.69, 9.17) is 0 Å². The molecule has 1 aromatic heterocycles. The molecule has 2 rings (SSSR count). The molecular formula is C15H24N4. The fraction of sp³-hybridized carbons (Fsp3) is 0.600. The van der Waals surface area contributed by atoms with Crippen molar-refractivity contribution in [3.8, 4) is 0 Å². The molecule has 2 N–H and O–H groups in total. The Labute approximate surface area is 115 Å². The van der Waals surface area contributed by atoms with E-state index in [0.717, 1.165) is 24.0 Å². The van der Waals surface area contributed by atoms with Crippen molar-refractivity contribution in [3.05, 3.63) is 24.4 Å². The molecule has 0 unspecified atom stereocenters. The van der Waals surface area contributed by atoms with Crippen LogP contribution in [0.25, 0.3) is 0 Å². The van der Waals surface area contributed by atoms with Gasteiger partial charge >= 0.3 is 0 Å². The molecule has 1 heterocycles. The molecular weight excluding hydrogens is 236 g/mol. The fourth-order valence-corrected chi connectivity index (χ4v) is 2.51. The van der Waals surface area contributed by atoms with Crippen molar-refractivity contribution in [2.45, 2.75) is 51.5 Å². The predicted octanol–water partition coefficient (Wildman–Crippen LogP) is 3.52. The van der Waals surface area contributed by atoms with E-state index in [1.165, 1.54) is 38.5 Å². The molecule has 0 atom stereocenters. The Morgan fingerprint density at radius 1 is 1.26 bits per heavy atom. The van der Waals surface area contributed by atoms with Gasteiger partial charge < -0.3 is 10.6 Å². The highest BCUT2D eigenvalue weighted by molar-refractivity contribution is 5.42. The second-order valence-corrected chi connectivity index (χ2v) is 5.22. The lowest BCUT2D eigenvalue weighted by molar-refractivity contribution is 0.614. The maximum absolute atomic E-state index is 4.51. The van der Waals surface area contributed by atoms with Crippen molar-refractivity contribution in [3.63, 3.8) is 0 Å². The molecule has 4 nitrogen and oxygen atoms in total. The number of hydrogen-bond acceptors (Lipinski definition) is 4. The minimum absolute atomic E-state index is 0.525. The van der Waals surface area contributed by atoms with E-state index in [0.29, 0.717) is 6.04 Å². The number of rotatable bonds is 5. The van der Waals surface area contributed by atoms with Gasteiger partial charge in [-0.25, -0.2) is 4.98 Å². The Balaban J connectivity index is 2.01. The molecule has 104 valence electrons. The van der Waals surface area contributed by atoms with Gasteiger partial charge in [-0.3, -0.25) is 0 Å². The van der Waals surface area contributed by atoms with Gasteiger partial charge in [0.2, 0.25) is 5.95 Å². The van der Waals surface area contributed by atoms with Gasteiger partial charge in [0.15, 0.2) is 0 Å². The molecule has 0 aliphatic heterocycles. The van der Waals surface area contributed by atoms with Crippen LogP contribution >= 0.6 is 0 Å². The molecule has 1 saturated carbocycles. The van der Waals surface area contributed by atoms with Crippen LogP contribution in [0, 0.1) is 6.92 Å². The molecule has 19 heavy (non-hydrogen) atoms. The molecule has 0 saturated heterocycles. The lowest BCUT2D eigenvalue weighted by Gasteiger charge is -2.17. The van der Waals surface area contributed by atoms with Gasteiger partial charge in [0.1, 0.15) is 5.82 Å². The quantitative estimate of drug-likeness (QED) is 0.628. The highest BCUT2D eigenvalue weighted by atomic mass is 15.2. The first-order valence-corrected chi connectivity index (χ1v) is 7.25. The molecule has 0 radical (unpaired) electrons. The van der Waals surface area contributed by atoms with Crippen molar-refractivity contribution >= 4 is 11.8 Å². The van der Waals surface area contributed by atoms with Crippen molar-refractivity contribution < 1.29 is 0 Å². The van der Waals surface area contributed by atoms with Gasteiger partial charge in [-0.1, -0.05) is 31.8 Å². The Morgan fingerprint density at radius 2 is 2.00 bits per heavy atom.